The van der Waals surface area contributed by atoms with E-state index in [-0.39, 0.29) is 6.10 Å². The normalized spacial score (nSPS) is 21.6. The Hall–Kier alpha value is -0.930. The summed E-state index contributed by atoms with van der Waals surface area (Å²) in [5.74, 6) is 0. The van der Waals surface area contributed by atoms with Gasteiger partial charge in [-0.3, -0.25) is 4.98 Å². The van der Waals surface area contributed by atoms with Gasteiger partial charge in [-0.1, -0.05) is 0 Å². The predicted octanol–water partition coefficient (Wildman–Crippen LogP) is 2.77. The van der Waals surface area contributed by atoms with E-state index >= 15 is 0 Å². The minimum Gasteiger partial charge on any atom is -0.388 e. The van der Waals surface area contributed by atoms with Crippen LogP contribution < -0.4 is 0 Å². The number of rotatable bonds is 5. The molecule has 17 heavy (non-hydrogen) atoms. The number of hydrogen-bond donors (Lipinski definition) is 1. The molecule has 1 aliphatic heterocycles. The van der Waals surface area contributed by atoms with E-state index in [1.54, 1.807) is 12.4 Å². The van der Waals surface area contributed by atoms with Gasteiger partial charge in [-0.25, -0.2) is 0 Å². The summed E-state index contributed by atoms with van der Waals surface area (Å²) in [6.45, 7) is 2.91. The van der Waals surface area contributed by atoms with Gasteiger partial charge in [-0.2, -0.15) is 0 Å². The number of aryl methyl sites for hydroxylation is 1. The van der Waals surface area contributed by atoms with Crippen molar-refractivity contribution in [2.45, 2.75) is 51.2 Å². The van der Waals surface area contributed by atoms with Crippen LogP contribution in [0.4, 0.5) is 0 Å². The molecule has 1 aromatic heterocycles. The Morgan fingerprint density at radius 3 is 3.18 bits per heavy atom. The molecule has 2 heterocycles. The van der Waals surface area contributed by atoms with Crippen LogP contribution in [0.2, 0.25) is 0 Å². The molecule has 0 radical (unpaired) electrons. The summed E-state index contributed by atoms with van der Waals surface area (Å²) >= 11 is 0. The average molecular weight is 235 g/mol. The standard InChI is InChI=1S/C14H21NO2/c1-11-10-15-8-7-13(11)14(16)6-2-4-12-5-3-9-17-12/h7-8,10,12,14,16H,2-6,9H2,1H3. The lowest BCUT2D eigenvalue weighted by Crippen LogP contribution is -2.06. The van der Waals surface area contributed by atoms with Crippen molar-refractivity contribution in [1.29, 1.82) is 0 Å². The zero-order valence-electron chi connectivity index (χ0n) is 10.4. The molecule has 0 amide bonds. The molecular formula is C14H21NO2. The molecule has 1 aromatic rings. The molecule has 0 aromatic carbocycles. The van der Waals surface area contributed by atoms with Crippen molar-refractivity contribution in [1.82, 2.24) is 4.98 Å². The predicted molar refractivity (Wildman–Crippen MR) is 66.8 cm³/mol. The van der Waals surface area contributed by atoms with Crippen LogP contribution in [-0.4, -0.2) is 22.8 Å². The van der Waals surface area contributed by atoms with Gasteiger partial charge in [0.15, 0.2) is 0 Å². The molecule has 0 saturated carbocycles. The van der Waals surface area contributed by atoms with Gasteiger partial charge in [0, 0.05) is 19.0 Å². The Morgan fingerprint density at radius 1 is 1.59 bits per heavy atom. The monoisotopic (exact) mass is 235 g/mol. The molecule has 2 rings (SSSR count). The van der Waals surface area contributed by atoms with E-state index in [2.05, 4.69) is 4.98 Å². The molecule has 0 spiro atoms. The van der Waals surface area contributed by atoms with Crippen molar-refractivity contribution < 1.29 is 9.84 Å². The molecule has 94 valence electrons. The zero-order valence-corrected chi connectivity index (χ0v) is 10.4. The molecule has 0 bridgehead atoms. The van der Waals surface area contributed by atoms with Crippen molar-refractivity contribution in [3.05, 3.63) is 29.6 Å². The summed E-state index contributed by atoms with van der Waals surface area (Å²) < 4.78 is 5.57. The van der Waals surface area contributed by atoms with Gasteiger partial charge < -0.3 is 9.84 Å². The lowest BCUT2D eigenvalue weighted by molar-refractivity contribution is 0.0944. The number of aromatic nitrogens is 1. The maximum Gasteiger partial charge on any atom is 0.0793 e. The number of ether oxygens (including phenoxy) is 1. The van der Waals surface area contributed by atoms with Crippen molar-refractivity contribution in [2.24, 2.45) is 0 Å². The highest BCUT2D eigenvalue weighted by atomic mass is 16.5. The van der Waals surface area contributed by atoms with Crippen LogP contribution in [0.15, 0.2) is 18.5 Å². The van der Waals surface area contributed by atoms with E-state index in [1.165, 1.54) is 12.8 Å². The van der Waals surface area contributed by atoms with E-state index < -0.39 is 0 Å². The van der Waals surface area contributed by atoms with Gasteiger partial charge in [0.2, 0.25) is 0 Å². The van der Waals surface area contributed by atoms with E-state index in [0.717, 1.165) is 37.0 Å². The van der Waals surface area contributed by atoms with Crippen molar-refractivity contribution in [3.8, 4) is 0 Å². The number of aliphatic hydroxyl groups is 1. The third kappa shape index (κ3) is 3.51. The van der Waals surface area contributed by atoms with E-state index in [4.69, 9.17) is 4.74 Å². The molecule has 2 atom stereocenters. The Labute approximate surface area is 103 Å². The highest BCUT2D eigenvalue weighted by Crippen LogP contribution is 2.24. The number of hydrogen-bond acceptors (Lipinski definition) is 3. The lowest BCUT2D eigenvalue weighted by Gasteiger charge is -2.14. The molecule has 1 saturated heterocycles. The number of aliphatic hydroxyl groups excluding tert-OH is 1. The molecule has 1 aliphatic rings. The molecule has 2 unspecified atom stereocenters. The van der Waals surface area contributed by atoms with Crippen LogP contribution in [-0.2, 0) is 4.74 Å². The fourth-order valence-electron chi connectivity index (χ4n) is 2.42. The van der Waals surface area contributed by atoms with Crippen LogP contribution in [0.3, 0.4) is 0 Å². The van der Waals surface area contributed by atoms with Gasteiger partial charge >= 0.3 is 0 Å². The summed E-state index contributed by atoms with van der Waals surface area (Å²) in [6, 6.07) is 1.91. The first-order valence-electron chi connectivity index (χ1n) is 6.47. The highest BCUT2D eigenvalue weighted by Gasteiger charge is 2.16. The minimum atomic E-state index is -0.362. The molecule has 1 fully saturated rings. The minimum absolute atomic E-state index is 0.362. The molecular weight excluding hydrogens is 214 g/mol. The maximum atomic E-state index is 10.1. The molecule has 3 heteroatoms. The van der Waals surface area contributed by atoms with Gasteiger partial charge in [0.05, 0.1) is 12.2 Å². The topological polar surface area (TPSA) is 42.4 Å². The van der Waals surface area contributed by atoms with E-state index in [1.807, 2.05) is 13.0 Å². The second kappa shape index (κ2) is 6.12. The Balaban J connectivity index is 1.77. The summed E-state index contributed by atoms with van der Waals surface area (Å²) in [7, 11) is 0. The summed E-state index contributed by atoms with van der Waals surface area (Å²) in [6.07, 6.45) is 8.89. The Kier molecular flexibility index (Phi) is 4.51. The Bertz CT molecular complexity index is 348. The van der Waals surface area contributed by atoms with Crippen LogP contribution in [0, 0.1) is 6.92 Å². The molecule has 0 aliphatic carbocycles. The van der Waals surface area contributed by atoms with Crippen molar-refractivity contribution >= 4 is 0 Å². The quantitative estimate of drug-likeness (QED) is 0.853. The third-order valence-corrected chi connectivity index (χ3v) is 3.45. The SMILES string of the molecule is Cc1cnccc1C(O)CCCC1CCCO1. The lowest BCUT2D eigenvalue weighted by atomic mass is 9.99. The highest BCUT2D eigenvalue weighted by molar-refractivity contribution is 5.23. The Morgan fingerprint density at radius 2 is 2.47 bits per heavy atom. The van der Waals surface area contributed by atoms with Crippen LogP contribution >= 0.6 is 0 Å². The second-order valence-corrected chi connectivity index (χ2v) is 4.81. The summed E-state index contributed by atoms with van der Waals surface area (Å²) in [5, 5.41) is 10.1. The number of nitrogens with zero attached hydrogens (tertiary/aromatic N) is 1. The fraction of sp³-hybridized carbons (Fsp3) is 0.643. The molecule has 1 N–H and O–H groups in total. The largest absolute Gasteiger partial charge is 0.388 e. The zero-order chi connectivity index (χ0) is 12.1. The first-order valence-corrected chi connectivity index (χ1v) is 6.47. The first-order chi connectivity index (χ1) is 8.27. The fourth-order valence-corrected chi connectivity index (χ4v) is 2.42. The smallest absolute Gasteiger partial charge is 0.0793 e. The van der Waals surface area contributed by atoms with Gasteiger partial charge in [0.25, 0.3) is 0 Å². The van der Waals surface area contributed by atoms with Gasteiger partial charge in [-0.05, 0) is 56.2 Å². The van der Waals surface area contributed by atoms with Crippen LogP contribution in [0.1, 0.15) is 49.3 Å². The maximum absolute atomic E-state index is 10.1. The van der Waals surface area contributed by atoms with E-state index in [0.29, 0.717) is 6.10 Å². The number of pyridine rings is 1. The summed E-state index contributed by atoms with van der Waals surface area (Å²) in [5.41, 5.74) is 2.07. The van der Waals surface area contributed by atoms with Crippen molar-refractivity contribution in [3.63, 3.8) is 0 Å². The van der Waals surface area contributed by atoms with Gasteiger partial charge in [-0.15, -0.1) is 0 Å². The van der Waals surface area contributed by atoms with E-state index in [9.17, 15) is 5.11 Å². The van der Waals surface area contributed by atoms with Crippen LogP contribution in [0.25, 0.3) is 0 Å². The van der Waals surface area contributed by atoms with Crippen molar-refractivity contribution in [2.75, 3.05) is 6.61 Å². The van der Waals surface area contributed by atoms with Gasteiger partial charge in [0.1, 0.15) is 0 Å². The van der Waals surface area contributed by atoms with Crippen LogP contribution in [0.5, 0.6) is 0 Å². The molecule has 3 nitrogen and oxygen atoms in total. The average Bonchev–Trinajstić information content (AvgIpc) is 2.82. The summed E-state index contributed by atoms with van der Waals surface area (Å²) in [4.78, 5) is 4.04. The third-order valence-electron chi connectivity index (χ3n) is 3.45. The second-order valence-electron chi connectivity index (χ2n) is 4.81. The first kappa shape index (κ1) is 12.5.